The monoisotopic (exact) mass is 460 g/mol. The van der Waals surface area contributed by atoms with Gasteiger partial charge >= 0.3 is 5.97 Å². The maximum atomic E-state index is 12.5. The number of esters is 1. The zero-order chi connectivity index (χ0) is 23.9. The van der Waals surface area contributed by atoms with Gasteiger partial charge in [0, 0.05) is 44.6 Å². The molecule has 0 unspecified atom stereocenters. The summed E-state index contributed by atoms with van der Waals surface area (Å²) in [4.78, 5) is 21.6. The lowest BCUT2D eigenvalue weighted by Gasteiger charge is -2.36. The van der Waals surface area contributed by atoms with Crippen LogP contribution < -0.4 is 15.4 Å². The lowest BCUT2D eigenvalue weighted by atomic mass is 10.1. The first-order valence-corrected chi connectivity index (χ1v) is 11.7. The van der Waals surface area contributed by atoms with E-state index in [-0.39, 0.29) is 12.1 Å². The van der Waals surface area contributed by atoms with Crippen LogP contribution in [-0.4, -0.2) is 48.1 Å². The van der Waals surface area contributed by atoms with Gasteiger partial charge in [0.25, 0.3) is 0 Å². The van der Waals surface area contributed by atoms with Gasteiger partial charge in [0.15, 0.2) is 0 Å². The average molecular weight is 461 g/mol. The van der Waals surface area contributed by atoms with Crippen LogP contribution >= 0.6 is 0 Å². The number of ether oxygens (including phenoxy) is 2. The van der Waals surface area contributed by atoms with E-state index in [1.54, 1.807) is 18.3 Å². The minimum Gasteiger partial charge on any atom is -0.489 e. The molecule has 1 aliphatic heterocycles. The molecule has 0 saturated carbocycles. The Bertz CT molecular complexity index is 1080. The number of hydrogen-bond donors (Lipinski definition) is 1. The standard InChI is InChI=1S/C27H32N4O3/c1-20(2)34-27(32)25-4-3-13-29-26(25)31-16-14-30(15-17-31)18-21-5-7-22(8-6-21)19-33-24-11-9-23(28)10-12-24/h3-13,20H,14-19,28H2,1-2H3. The predicted octanol–water partition coefficient (Wildman–Crippen LogP) is 4.13. The Morgan fingerprint density at radius 2 is 1.65 bits per heavy atom. The van der Waals surface area contributed by atoms with Crippen LogP contribution in [-0.2, 0) is 17.9 Å². The van der Waals surface area contributed by atoms with Crippen LogP contribution in [0.4, 0.5) is 11.5 Å². The van der Waals surface area contributed by atoms with Crippen LogP contribution in [0, 0.1) is 0 Å². The van der Waals surface area contributed by atoms with Crippen molar-refractivity contribution in [3.8, 4) is 5.75 Å². The lowest BCUT2D eigenvalue weighted by Crippen LogP contribution is -2.46. The van der Waals surface area contributed by atoms with Gasteiger partial charge in [-0.2, -0.15) is 0 Å². The van der Waals surface area contributed by atoms with Crippen molar-refractivity contribution >= 4 is 17.5 Å². The van der Waals surface area contributed by atoms with Crippen LogP contribution in [0.15, 0.2) is 66.9 Å². The third-order valence-electron chi connectivity index (χ3n) is 5.74. The average Bonchev–Trinajstić information content (AvgIpc) is 2.85. The number of rotatable bonds is 8. The fourth-order valence-electron chi connectivity index (χ4n) is 3.93. The van der Waals surface area contributed by atoms with Crippen molar-refractivity contribution in [1.29, 1.82) is 0 Å². The van der Waals surface area contributed by atoms with Crippen molar-refractivity contribution in [1.82, 2.24) is 9.88 Å². The third kappa shape index (κ3) is 6.26. The maximum absolute atomic E-state index is 12.5. The number of carbonyl (C=O) groups is 1. The summed E-state index contributed by atoms with van der Waals surface area (Å²) in [5, 5.41) is 0. The molecule has 178 valence electrons. The second kappa shape index (κ2) is 11.0. The van der Waals surface area contributed by atoms with E-state index < -0.39 is 0 Å². The fraction of sp³-hybridized carbons (Fsp3) is 0.333. The number of carbonyl (C=O) groups excluding carboxylic acids is 1. The number of nitrogens with two attached hydrogens (primary N) is 1. The molecule has 7 nitrogen and oxygen atoms in total. The lowest BCUT2D eigenvalue weighted by molar-refractivity contribution is 0.0378. The van der Waals surface area contributed by atoms with Crippen LogP contribution in [0.1, 0.15) is 35.3 Å². The highest BCUT2D eigenvalue weighted by Crippen LogP contribution is 2.21. The molecule has 0 spiro atoms. The Kier molecular flexibility index (Phi) is 7.65. The Labute approximate surface area is 201 Å². The van der Waals surface area contributed by atoms with Crippen LogP contribution in [0.3, 0.4) is 0 Å². The minimum atomic E-state index is -0.319. The van der Waals surface area contributed by atoms with E-state index in [4.69, 9.17) is 15.2 Å². The summed E-state index contributed by atoms with van der Waals surface area (Å²) in [7, 11) is 0. The summed E-state index contributed by atoms with van der Waals surface area (Å²) >= 11 is 0. The highest BCUT2D eigenvalue weighted by molar-refractivity contribution is 5.94. The van der Waals surface area contributed by atoms with Gasteiger partial charge < -0.3 is 20.1 Å². The molecule has 1 fully saturated rings. The van der Waals surface area contributed by atoms with Gasteiger partial charge in [0.05, 0.1) is 6.10 Å². The van der Waals surface area contributed by atoms with E-state index in [0.29, 0.717) is 18.0 Å². The first kappa shape index (κ1) is 23.6. The second-order valence-electron chi connectivity index (χ2n) is 8.77. The van der Waals surface area contributed by atoms with Crippen LogP contribution in [0.2, 0.25) is 0 Å². The Morgan fingerprint density at radius 1 is 0.971 bits per heavy atom. The molecule has 0 radical (unpaired) electrons. The number of piperazine rings is 1. The number of pyridine rings is 1. The molecular weight excluding hydrogens is 428 g/mol. The molecule has 7 heteroatoms. The van der Waals surface area contributed by atoms with E-state index >= 15 is 0 Å². The molecule has 34 heavy (non-hydrogen) atoms. The number of aromatic nitrogens is 1. The van der Waals surface area contributed by atoms with Gasteiger partial charge in [-0.3, -0.25) is 4.90 Å². The first-order chi connectivity index (χ1) is 16.5. The summed E-state index contributed by atoms with van der Waals surface area (Å²) in [6.45, 7) is 8.54. The zero-order valence-corrected chi connectivity index (χ0v) is 19.8. The number of hydrogen-bond acceptors (Lipinski definition) is 7. The SMILES string of the molecule is CC(C)OC(=O)c1cccnc1N1CCN(Cc2ccc(COc3ccc(N)cc3)cc2)CC1. The molecule has 3 aromatic rings. The van der Waals surface area contributed by atoms with Crippen molar-refractivity contribution in [2.24, 2.45) is 0 Å². The highest BCUT2D eigenvalue weighted by atomic mass is 16.5. The minimum absolute atomic E-state index is 0.159. The van der Waals surface area contributed by atoms with Gasteiger partial charge in [-0.15, -0.1) is 0 Å². The van der Waals surface area contributed by atoms with E-state index in [9.17, 15) is 4.79 Å². The van der Waals surface area contributed by atoms with Crippen molar-refractivity contribution in [3.63, 3.8) is 0 Å². The normalized spacial score (nSPS) is 14.3. The Hall–Kier alpha value is -3.58. The molecule has 2 heterocycles. The largest absolute Gasteiger partial charge is 0.489 e. The van der Waals surface area contributed by atoms with E-state index in [2.05, 4.69) is 39.0 Å². The van der Waals surface area contributed by atoms with Crippen molar-refractivity contribution in [2.45, 2.75) is 33.1 Å². The van der Waals surface area contributed by atoms with Crippen LogP contribution in [0.25, 0.3) is 0 Å². The third-order valence-corrected chi connectivity index (χ3v) is 5.74. The summed E-state index contributed by atoms with van der Waals surface area (Å²) in [5.74, 6) is 1.20. The van der Waals surface area contributed by atoms with E-state index in [1.807, 2.05) is 38.1 Å². The highest BCUT2D eigenvalue weighted by Gasteiger charge is 2.23. The van der Waals surface area contributed by atoms with Crippen molar-refractivity contribution in [3.05, 3.63) is 83.6 Å². The smallest absolute Gasteiger partial charge is 0.342 e. The number of nitrogens with zero attached hydrogens (tertiary/aromatic N) is 3. The van der Waals surface area contributed by atoms with Gasteiger partial charge in [-0.25, -0.2) is 9.78 Å². The molecule has 0 aliphatic carbocycles. The Balaban J connectivity index is 1.28. The van der Waals surface area contributed by atoms with Crippen molar-refractivity contribution in [2.75, 3.05) is 36.8 Å². The predicted molar refractivity (Wildman–Crippen MR) is 134 cm³/mol. The second-order valence-corrected chi connectivity index (χ2v) is 8.77. The van der Waals surface area contributed by atoms with Gasteiger partial charge in [-0.05, 0) is 61.4 Å². The molecule has 4 rings (SSSR count). The number of benzene rings is 2. The Morgan fingerprint density at radius 3 is 2.32 bits per heavy atom. The molecule has 1 saturated heterocycles. The molecule has 1 aromatic heterocycles. The summed E-state index contributed by atoms with van der Waals surface area (Å²) in [6, 6.07) is 19.6. The molecule has 1 aliphatic rings. The maximum Gasteiger partial charge on any atom is 0.342 e. The molecule has 2 aromatic carbocycles. The quantitative estimate of drug-likeness (QED) is 0.400. The fourth-order valence-corrected chi connectivity index (χ4v) is 3.93. The summed E-state index contributed by atoms with van der Waals surface area (Å²) in [5.41, 5.74) is 9.37. The van der Waals surface area contributed by atoms with Crippen molar-refractivity contribution < 1.29 is 14.3 Å². The molecule has 2 N–H and O–H groups in total. The number of anilines is 2. The van der Waals surface area contributed by atoms with E-state index in [1.165, 1.54) is 5.56 Å². The molecule has 0 amide bonds. The summed E-state index contributed by atoms with van der Waals surface area (Å²) < 4.78 is 11.2. The van der Waals surface area contributed by atoms with Gasteiger partial charge in [-0.1, -0.05) is 24.3 Å². The number of nitrogen functional groups attached to an aromatic ring is 1. The van der Waals surface area contributed by atoms with Gasteiger partial charge in [0.1, 0.15) is 23.7 Å². The molecule has 0 bridgehead atoms. The molecular formula is C27H32N4O3. The topological polar surface area (TPSA) is 80.9 Å². The first-order valence-electron chi connectivity index (χ1n) is 11.7. The van der Waals surface area contributed by atoms with Gasteiger partial charge in [0.2, 0.25) is 0 Å². The van der Waals surface area contributed by atoms with E-state index in [0.717, 1.165) is 49.7 Å². The molecule has 0 atom stereocenters. The zero-order valence-electron chi connectivity index (χ0n) is 19.8. The van der Waals surface area contributed by atoms with Crippen LogP contribution in [0.5, 0.6) is 5.75 Å². The summed E-state index contributed by atoms with van der Waals surface area (Å²) in [6.07, 6.45) is 1.57.